The summed E-state index contributed by atoms with van der Waals surface area (Å²) >= 11 is 6.14. The van der Waals surface area contributed by atoms with Crippen molar-refractivity contribution >= 4 is 39.4 Å². The Labute approximate surface area is 197 Å². The van der Waals surface area contributed by atoms with E-state index in [0.29, 0.717) is 16.3 Å². The van der Waals surface area contributed by atoms with Crippen molar-refractivity contribution < 1.29 is 22.1 Å². The van der Waals surface area contributed by atoms with Crippen molar-refractivity contribution in [3.8, 4) is 17.6 Å². The van der Waals surface area contributed by atoms with Gasteiger partial charge in [0.15, 0.2) is 11.5 Å². The largest absolute Gasteiger partial charge is 0.493 e. The van der Waals surface area contributed by atoms with E-state index in [1.165, 1.54) is 37.5 Å². The Morgan fingerprint density at radius 3 is 2.42 bits per heavy atom. The number of ether oxygens (including phenoxy) is 1. The van der Waals surface area contributed by atoms with Crippen molar-refractivity contribution in [1.29, 1.82) is 5.26 Å². The molecule has 0 bridgehead atoms. The number of carbonyl (C=O) groups is 1. The molecule has 168 valence electrons. The molecule has 0 saturated carbocycles. The Hall–Kier alpha value is -3.80. The number of aryl methyl sites for hydroxylation is 1. The number of nitriles is 1. The van der Waals surface area contributed by atoms with Crippen LogP contribution in [0.5, 0.6) is 11.5 Å². The van der Waals surface area contributed by atoms with Gasteiger partial charge in [0, 0.05) is 0 Å². The van der Waals surface area contributed by atoms with Gasteiger partial charge in [0.2, 0.25) is 0 Å². The summed E-state index contributed by atoms with van der Waals surface area (Å²) in [6.45, 7) is 1.78. The summed E-state index contributed by atoms with van der Waals surface area (Å²) in [4.78, 5) is 12.6. The van der Waals surface area contributed by atoms with Gasteiger partial charge in [-0.05, 0) is 54.5 Å². The first-order valence-electron chi connectivity index (χ1n) is 9.61. The predicted octanol–water partition coefficient (Wildman–Crippen LogP) is 4.97. The molecule has 0 aliphatic rings. The number of nitrogens with zero attached hydrogens (tertiary/aromatic N) is 1. The van der Waals surface area contributed by atoms with E-state index in [0.717, 1.165) is 5.56 Å². The fraction of sp³-hybridized carbons (Fsp3) is 0.0833. The van der Waals surface area contributed by atoms with E-state index in [2.05, 4.69) is 5.32 Å². The molecular formula is C24H19ClN2O5S. The predicted molar refractivity (Wildman–Crippen MR) is 126 cm³/mol. The number of hydrogen-bond acceptors (Lipinski definition) is 6. The SMILES string of the molecule is COc1ccc(/C=C(\C#N)C(=O)Nc2c(C)cccc2Cl)cc1OS(=O)(=O)c1ccccc1. The molecule has 3 aromatic rings. The van der Waals surface area contributed by atoms with Crippen molar-refractivity contribution in [1.82, 2.24) is 0 Å². The van der Waals surface area contributed by atoms with Crippen molar-refractivity contribution in [3.63, 3.8) is 0 Å². The Morgan fingerprint density at radius 2 is 1.79 bits per heavy atom. The van der Waals surface area contributed by atoms with Gasteiger partial charge in [0.05, 0.1) is 17.8 Å². The lowest BCUT2D eigenvalue weighted by atomic mass is 10.1. The second-order valence-electron chi connectivity index (χ2n) is 6.82. The summed E-state index contributed by atoms with van der Waals surface area (Å²) in [5.41, 5.74) is 1.28. The molecule has 3 aromatic carbocycles. The van der Waals surface area contributed by atoms with E-state index < -0.39 is 16.0 Å². The maximum atomic E-state index is 12.7. The number of amides is 1. The van der Waals surface area contributed by atoms with E-state index in [-0.39, 0.29) is 22.0 Å². The van der Waals surface area contributed by atoms with Crippen molar-refractivity contribution in [3.05, 3.63) is 88.5 Å². The Bertz CT molecular complexity index is 1340. The molecule has 0 aliphatic heterocycles. The molecule has 0 unspecified atom stereocenters. The van der Waals surface area contributed by atoms with Crippen molar-refractivity contribution in [2.45, 2.75) is 11.8 Å². The Morgan fingerprint density at radius 1 is 1.06 bits per heavy atom. The summed E-state index contributed by atoms with van der Waals surface area (Å²) in [6.07, 6.45) is 1.31. The van der Waals surface area contributed by atoms with Crippen LogP contribution in [0.2, 0.25) is 5.02 Å². The number of anilines is 1. The van der Waals surface area contributed by atoms with Crippen LogP contribution in [0.4, 0.5) is 5.69 Å². The van der Waals surface area contributed by atoms with Gasteiger partial charge in [-0.3, -0.25) is 4.79 Å². The molecule has 9 heteroatoms. The molecule has 1 N–H and O–H groups in total. The quantitative estimate of drug-likeness (QED) is 0.289. The molecule has 3 rings (SSSR count). The van der Waals surface area contributed by atoms with Crippen LogP contribution in [-0.4, -0.2) is 21.4 Å². The fourth-order valence-electron chi connectivity index (χ4n) is 2.89. The molecule has 0 atom stereocenters. The van der Waals surface area contributed by atoms with E-state index in [4.69, 9.17) is 20.5 Å². The van der Waals surface area contributed by atoms with E-state index in [1.54, 1.807) is 49.4 Å². The van der Waals surface area contributed by atoms with Crippen LogP contribution in [0.3, 0.4) is 0 Å². The summed E-state index contributed by atoms with van der Waals surface area (Å²) in [7, 11) is -2.75. The van der Waals surface area contributed by atoms with Gasteiger partial charge < -0.3 is 14.2 Å². The lowest BCUT2D eigenvalue weighted by Gasteiger charge is -2.12. The number of rotatable bonds is 7. The zero-order valence-corrected chi connectivity index (χ0v) is 19.3. The van der Waals surface area contributed by atoms with E-state index in [1.807, 2.05) is 6.07 Å². The number of carbonyl (C=O) groups excluding carboxylic acids is 1. The average Bonchev–Trinajstić information content (AvgIpc) is 2.80. The number of para-hydroxylation sites is 1. The maximum Gasteiger partial charge on any atom is 0.339 e. The molecular weight excluding hydrogens is 464 g/mol. The third-order valence-corrected chi connectivity index (χ3v) is 6.12. The highest BCUT2D eigenvalue weighted by molar-refractivity contribution is 7.87. The number of benzene rings is 3. The first-order chi connectivity index (χ1) is 15.7. The number of nitrogens with one attached hydrogen (secondary N) is 1. The smallest absolute Gasteiger partial charge is 0.339 e. The van der Waals surface area contributed by atoms with Gasteiger partial charge in [0.1, 0.15) is 16.5 Å². The molecule has 0 aromatic heterocycles. The fourth-order valence-corrected chi connectivity index (χ4v) is 4.11. The van der Waals surface area contributed by atoms with Crippen LogP contribution in [0, 0.1) is 18.3 Å². The summed E-state index contributed by atoms with van der Waals surface area (Å²) in [5.74, 6) is -0.583. The van der Waals surface area contributed by atoms with E-state index in [9.17, 15) is 18.5 Å². The second-order valence-corrected chi connectivity index (χ2v) is 8.77. The highest BCUT2D eigenvalue weighted by Gasteiger charge is 2.20. The van der Waals surface area contributed by atoms with Crippen LogP contribution >= 0.6 is 11.6 Å². The first kappa shape index (κ1) is 23.9. The zero-order chi connectivity index (χ0) is 24.0. The van der Waals surface area contributed by atoms with Crippen LogP contribution in [0.1, 0.15) is 11.1 Å². The minimum absolute atomic E-state index is 0.0276. The van der Waals surface area contributed by atoms with Crippen LogP contribution in [-0.2, 0) is 14.9 Å². The third-order valence-electron chi connectivity index (χ3n) is 4.56. The summed E-state index contributed by atoms with van der Waals surface area (Å²) < 4.78 is 35.7. The number of halogens is 1. The molecule has 33 heavy (non-hydrogen) atoms. The molecule has 0 spiro atoms. The van der Waals surface area contributed by atoms with Crippen LogP contribution in [0.15, 0.2) is 77.2 Å². The normalized spacial score (nSPS) is 11.4. The molecule has 0 saturated heterocycles. The minimum atomic E-state index is -4.12. The summed E-state index contributed by atoms with van der Waals surface area (Å²) in [6, 6.07) is 19.0. The Balaban J connectivity index is 1.92. The standard InChI is InChI=1S/C24H19ClN2O5S/c1-16-7-6-10-20(25)23(16)27-24(28)18(15-26)13-17-11-12-21(31-2)22(14-17)32-33(29,30)19-8-4-3-5-9-19/h3-14H,1-2H3,(H,27,28)/b18-13+. The highest BCUT2D eigenvalue weighted by atomic mass is 35.5. The molecule has 0 heterocycles. The van der Waals surface area contributed by atoms with Gasteiger partial charge in [-0.2, -0.15) is 13.7 Å². The second kappa shape index (κ2) is 10.2. The lowest BCUT2D eigenvalue weighted by molar-refractivity contribution is -0.112. The topological polar surface area (TPSA) is 105 Å². The highest BCUT2D eigenvalue weighted by Crippen LogP contribution is 2.32. The summed E-state index contributed by atoms with van der Waals surface area (Å²) in [5, 5.41) is 12.5. The van der Waals surface area contributed by atoms with Gasteiger partial charge >= 0.3 is 10.1 Å². The Kier molecular flexibility index (Phi) is 7.38. The molecule has 0 radical (unpaired) electrons. The van der Waals surface area contributed by atoms with Gasteiger partial charge in [-0.25, -0.2) is 0 Å². The van der Waals surface area contributed by atoms with Crippen LogP contribution < -0.4 is 14.2 Å². The maximum absolute atomic E-state index is 12.7. The first-order valence-corrected chi connectivity index (χ1v) is 11.4. The van der Waals surface area contributed by atoms with Crippen molar-refractivity contribution in [2.24, 2.45) is 0 Å². The average molecular weight is 483 g/mol. The zero-order valence-electron chi connectivity index (χ0n) is 17.7. The molecule has 1 amide bonds. The number of hydrogen-bond donors (Lipinski definition) is 1. The van der Waals surface area contributed by atoms with Gasteiger partial charge in [-0.15, -0.1) is 0 Å². The van der Waals surface area contributed by atoms with Crippen LogP contribution in [0.25, 0.3) is 6.08 Å². The number of methoxy groups -OCH3 is 1. The molecule has 0 aliphatic carbocycles. The van der Waals surface area contributed by atoms with Gasteiger partial charge in [-0.1, -0.05) is 48.0 Å². The third kappa shape index (κ3) is 5.71. The van der Waals surface area contributed by atoms with E-state index >= 15 is 0 Å². The van der Waals surface area contributed by atoms with Crippen molar-refractivity contribution in [2.75, 3.05) is 12.4 Å². The van der Waals surface area contributed by atoms with Gasteiger partial charge in [0.25, 0.3) is 5.91 Å². The lowest BCUT2D eigenvalue weighted by Crippen LogP contribution is -2.14. The monoisotopic (exact) mass is 482 g/mol. The molecule has 0 fully saturated rings. The minimum Gasteiger partial charge on any atom is -0.493 e. The molecule has 7 nitrogen and oxygen atoms in total.